The van der Waals surface area contributed by atoms with Crippen molar-refractivity contribution in [3.8, 4) is 0 Å². The second-order valence-corrected chi connectivity index (χ2v) is 9.30. The molecule has 2 amide bonds. The Morgan fingerprint density at radius 3 is 2.71 bits per heavy atom. The number of nitrogens with one attached hydrogen (secondary N) is 1. The van der Waals surface area contributed by atoms with Gasteiger partial charge in [0.15, 0.2) is 0 Å². The summed E-state index contributed by atoms with van der Waals surface area (Å²) in [5.74, 6) is 1.68. The van der Waals surface area contributed by atoms with Crippen molar-refractivity contribution >= 4 is 34.9 Å². The van der Waals surface area contributed by atoms with E-state index in [9.17, 15) is 9.59 Å². The summed E-state index contributed by atoms with van der Waals surface area (Å²) < 4.78 is 0. The van der Waals surface area contributed by atoms with E-state index in [2.05, 4.69) is 29.5 Å². The number of hydrogen-bond donors (Lipinski definition) is 1. The van der Waals surface area contributed by atoms with E-state index in [0.717, 1.165) is 17.1 Å². The molecule has 5 nitrogen and oxygen atoms in total. The van der Waals surface area contributed by atoms with Crippen LogP contribution in [0, 0.1) is 5.41 Å². The number of carbonyl (C=O) groups excluding carboxylic acids is 2. The highest BCUT2D eigenvalue weighted by atomic mass is 32.2. The molecular formula is C17H27N3O2S2. The summed E-state index contributed by atoms with van der Waals surface area (Å²) in [6, 6.07) is -0.358. The normalized spacial score (nSPS) is 18.2. The molecule has 2 rings (SSSR count). The summed E-state index contributed by atoms with van der Waals surface area (Å²) in [5.41, 5.74) is 0.560. The van der Waals surface area contributed by atoms with E-state index in [0.29, 0.717) is 24.1 Å². The highest BCUT2D eigenvalue weighted by molar-refractivity contribution is 7.99. The molecule has 1 unspecified atom stereocenters. The highest BCUT2D eigenvalue weighted by Gasteiger charge is 2.38. The molecule has 134 valence electrons. The number of thiazole rings is 1. The molecule has 1 N–H and O–H groups in total. The average molecular weight is 370 g/mol. The van der Waals surface area contributed by atoms with E-state index in [4.69, 9.17) is 0 Å². The van der Waals surface area contributed by atoms with Crippen LogP contribution < -0.4 is 5.32 Å². The van der Waals surface area contributed by atoms with E-state index < -0.39 is 5.41 Å². The fraction of sp³-hybridized carbons (Fsp3) is 0.706. The van der Waals surface area contributed by atoms with Crippen molar-refractivity contribution in [3.05, 3.63) is 16.1 Å². The predicted octanol–water partition coefficient (Wildman–Crippen LogP) is 2.87. The van der Waals surface area contributed by atoms with Gasteiger partial charge in [-0.25, -0.2) is 4.98 Å². The largest absolute Gasteiger partial charge is 0.354 e. The van der Waals surface area contributed by atoms with Gasteiger partial charge < -0.3 is 10.2 Å². The second kappa shape index (κ2) is 7.87. The Bertz CT molecular complexity index is 593. The number of rotatable bonds is 5. The summed E-state index contributed by atoms with van der Waals surface area (Å²) >= 11 is 3.30. The number of aromatic nitrogens is 1. The molecule has 0 radical (unpaired) electrons. The molecule has 1 aromatic heterocycles. The number of carbonyl (C=O) groups is 2. The van der Waals surface area contributed by atoms with E-state index >= 15 is 0 Å². The number of thioether (sulfide) groups is 1. The lowest BCUT2D eigenvalue weighted by atomic mass is 9.94. The fourth-order valence-corrected chi connectivity index (χ4v) is 4.45. The van der Waals surface area contributed by atoms with Gasteiger partial charge in [-0.1, -0.05) is 34.6 Å². The summed E-state index contributed by atoms with van der Waals surface area (Å²) in [7, 11) is 0. The van der Waals surface area contributed by atoms with Crippen LogP contribution in [0.25, 0.3) is 0 Å². The third kappa shape index (κ3) is 4.72. The van der Waals surface area contributed by atoms with Gasteiger partial charge >= 0.3 is 0 Å². The first-order valence-corrected chi connectivity index (χ1v) is 10.3. The lowest BCUT2D eigenvalue weighted by Gasteiger charge is -2.29. The maximum Gasteiger partial charge on any atom is 0.243 e. The van der Waals surface area contributed by atoms with Gasteiger partial charge in [0.05, 0.1) is 16.6 Å². The zero-order valence-corrected chi connectivity index (χ0v) is 16.7. The van der Waals surface area contributed by atoms with Crippen LogP contribution in [0.5, 0.6) is 0 Å². The Kier molecular flexibility index (Phi) is 6.31. The molecule has 7 heteroatoms. The minimum atomic E-state index is -0.461. The van der Waals surface area contributed by atoms with Crippen molar-refractivity contribution in [1.82, 2.24) is 15.2 Å². The molecule has 0 bridgehead atoms. The molecule has 0 saturated carbocycles. The van der Waals surface area contributed by atoms with Crippen molar-refractivity contribution in [2.45, 2.75) is 53.0 Å². The fourth-order valence-electron chi connectivity index (χ4n) is 2.43. The van der Waals surface area contributed by atoms with Gasteiger partial charge in [-0.05, 0) is 0 Å². The maximum atomic E-state index is 12.5. The lowest BCUT2D eigenvalue weighted by molar-refractivity contribution is -0.144. The van der Waals surface area contributed by atoms with Gasteiger partial charge in [0.1, 0.15) is 6.04 Å². The van der Waals surface area contributed by atoms with Crippen molar-refractivity contribution in [2.24, 2.45) is 5.41 Å². The first kappa shape index (κ1) is 19.2. The second-order valence-electron chi connectivity index (χ2n) is 7.41. The van der Waals surface area contributed by atoms with Crippen molar-refractivity contribution in [1.29, 1.82) is 0 Å². The standard InChI is InChI=1S/C17H27N3O2S2/c1-11(2)15-19-12(8-24-15)6-7-18-14(21)13-9-23-10-20(13)16(22)17(3,4)5/h8,11,13H,6-7,9-10H2,1-5H3,(H,18,21). The smallest absolute Gasteiger partial charge is 0.243 e. The van der Waals surface area contributed by atoms with Gasteiger partial charge in [0, 0.05) is 35.4 Å². The summed E-state index contributed by atoms with van der Waals surface area (Å²) in [6.45, 7) is 10.5. The number of hydrogen-bond acceptors (Lipinski definition) is 5. The molecule has 24 heavy (non-hydrogen) atoms. The minimum Gasteiger partial charge on any atom is -0.354 e. The Morgan fingerprint density at radius 2 is 2.12 bits per heavy atom. The van der Waals surface area contributed by atoms with E-state index in [1.165, 1.54) is 0 Å². The molecule has 0 spiro atoms. The third-order valence-electron chi connectivity index (χ3n) is 3.83. The number of amides is 2. The van der Waals surface area contributed by atoms with Crippen molar-refractivity contribution in [3.63, 3.8) is 0 Å². The lowest BCUT2D eigenvalue weighted by Crippen LogP contribution is -2.50. The zero-order chi connectivity index (χ0) is 17.9. The first-order chi connectivity index (χ1) is 11.2. The Balaban J connectivity index is 1.86. The molecule has 1 aliphatic rings. The van der Waals surface area contributed by atoms with E-state index in [1.54, 1.807) is 28.0 Å². The molecule has 1 atom stereocenters. The zero-order valence-electron chi connectivity index (χ0n) is 15.1. The summed E-state index contributed by atoms with van der Waals surface area (Å²) in [5, 5.41) is 6.15. The van der Waals surface area contributed by atoms with Crippen LogP contribution in [0.2, 0.25) is 0 Å². The van der Waals surface area contributed by atoms with Gasteiger partial charge in [0.25, 0.3) is 0 Å². The van der Waals surface area contributed by atoms with Gasteiger partial charge in [-0.2, -0.15) is 0 Å². The summed E-state index contributed by atoms with van der Waals surface area (Å²) in [4.78, 5) is 31.2. The van der Waals surface area contributed by atoms with Crippen LogP contribution in [0.15, 0.2) is 5.38 Å². The quantitative estimate of drug-likeness (QED) is 0.867. The third-order valence-corrected chi connectivity index (χ3v) is 6.04. The molecule has 1 aliphatic heterocycles. The molecule has 0 aliphatic carbocycles. The van der Waals surface area contributed by atoms with Gasteiger partial charge in [0.2, 0.25) is 11.8 Å². The first-order valence-electron chi connectivity index (χ1n) is 8.31. The molecule has 1 fully saturated rings. The van der Waals surface area contributed by atoms with Crippen molar-refractivity contribution in [2.75, 3.05) is 18.2 Å². The molecule has 2 heterocycles. The van der Waals surface area contributed by atoms with Crippen LogP contribution in [-0.2, 0) is 16.0 Å². The highest BCUT2D eigenvalue weighted by Crippen LogP contribution is 2.27. The van der Waals surface area contributed by atoms with Crippen LogP contribution in [0.4, 0.5) is 0 Å². The average Bonchev–Trinajstić information content (AvgIpc) is 3.14. The van der Waals surface area contributed by atoms with Crippen LogP contribution in [-0.4, -0.2) is 45.9 Å². The molecule has 1 saturated heterocycles. The topological polar surface area (TPSA) is 62.3 Å². The van der Waals surface area contributed by atoms with Gasteiger partial charge in [-0.3, -0.25) is 9.59 Å². The van der Waals surface area contributed by atoms with E-state index in [1.807, 2.05) is 20.8 Å². The molecule has 0 aromatic carbocycles. The molecule has 1 aromatic rings. The van der Waals surface area contributed by atoms with Gasteiger partial charge in [-0.15, -0.1) is 23.1 Å². The molecular weight excluding hydrogens is 342 g/mol. The Hall–Kier alpha value is -1.08. The number of nitrogens with zero attached hydrogens (tertiary/aromatic N) is 2. The predicted molar refractivity (Wildman–Crippen MR) is 100 cm³/mol. The van der Waals surface area contributed by atoms with Crippen LogP contribution in [0.3, 0.4) is 0 Å². The minimum absolute atomic E-state index is 0.0359. The van der Waals surface area contributed by atoms with Crippen LogP contribution >= 0.6 is 23.1 Å². The van der Waals surface area contributed by atoms with Crippen molar-refractivity contribution < 1.29 is 9.59 Å². The Morgan fingerprint density at radius 1 is 1.42 bits per heavy atom. The Labute approximate surface area is 152 Å². The SMILES string of the molecule is CC(C)c1nc(CCNC(=O)C2CSCN2C(=O)C(C)(C)C)cs1. The maximum absolute atomic E-state index is 12.5. The summed E-state index contributed by atoms with van der Waals surface area (Å²) in [6.07, 6.45) is 0.724. The monoisotopic (exact) mass is 369 g/mol. The van der Waals surface area contributed by atoms with Crippen LogP contribution in [0.1, 0.15) is 51.2 Å². The van der Waals surface area contributed by atoms with E-state index in [-0.39, 0.29) is 17.9 Å².